The van der Waals surface area contributed by atoms with E-state index in [4.69, 9.17) is 14.2 Å². The van der Waals surface area contributed by atoms with E-state index >= 15 is 0 Å². The number of hydrogen-bond acceptors (Lipinski definition) is 7. The summed E-state index contributed by atoms with van der Waals surface area (Å²) in [5.74, 6) is 1.22. The molecule has 34 heavy (non-hydrogen) atoms. The number of benzene rings is 2. The van der Waals surface area contributed by atoms with Crippen molar-refractivity contribution in [3.05, 3.63) is 84.6 Å². The fourth-order valence-corrected chi connectivity index (χ4v) is 3.61. The Kier molecular flexibility index (Phi) is 7.95. The van der Waals surface area contributed by atoms with Crippen LogP contribution in [0.5, 0.6) is 11.5 Å². The maximum atomic E-state index is 12.6. The lowest BCUT2D eigenvalue weighted by atomic mass is 10.2. The van der Waals surface area contributed by atoms with Gasteiger partial charge in [0.2, 0.25) is 0 Å². The minimum Gasteiger partial charge on any atom is -0.490 e. The number of piperazine rings is 1. The van der Waals surface area contributed by atoms with Gasteiger partial charge in [-0.1, -0.05) is 36.4 Å². The Balaban J connectivity index is 1.22. The van der Waals surface area contributed by atoms with E-state index in [9.17, 15) is 9.59 Å². The quantitative estimate of drug-likeness (QED) is 0.358. The summed E-state index contributed by atoms with van der Waals surface area (Å²) in [7, 11) is 0. The molecule has 3 aromatic rings. The summed E-state index contributed by atoms with van der Waals surface area (Å²) in [5, 5.41) is 0. The molecule has 1 fully saturated rings. The number of carbonyl (C=O) groups excluding carboxylic acids is 2. The SMILES string of the molecule is O=C(OCC(=O)N1CCN(c2ccccn2)CC1)c1ccccc1OCCOc1ccccc1. The van der Waals surface area contributed by atoms with Crippen molar-refractivity contribution in [3.63, 3.8) is 0 Å². The molecule has 2 aromatic carbocycles. The van der Waals surface area contributed by atoms with Crippen LogP contribution in [0.4, 0.5) is 5.82 Å². The molecule has 1 amide bonds. The summed E-state index contributed by atoms with van der Waals surface area (Å²) < 4.78 is 16.6. The molecule has 1 aromatic heterocycles. The predicted molar refractivity (Wildman–Crippen MR) is 127 cm³/mol. The van der Waals surface area contributed by atoms with Gasteiger partial charge in [0.05, 0.1) is 0 Å². The Morgan fingerprint density at radius 3 is 2.26 bits per heavy atom. The van der Waals surface area contributed by atoms with Gasteiger partial charge in [-0.2, -0.15) is 0 Å². The maximum absolute atomic E-state index is 12.6. The number of rotatable bonds is 9. The van der Waals surface area contributed by atoms with Crippen molar-refractivity contribution in [1.29, 1.82) is 0 Å². The molecular formula is C26H27N3O5. The summed E-state index contributed by atoms with van der Waals surface area (Å²) in [6.07, 6.45) is 1.75. The molecular weight excluding hydrogens is 434 g/mol. The number of anilines is 1. The second-order valence-corrected chi connectivity index (χ2v) is 7.64. The molecule has 1 aliphatic rings. The molecule has 4 rings (SSSR count). The number of hydrogen-bond donors (Lipinski definition) is 0. The second kappa shape index (κ2) is 11.7. The minimum absolute atomic E-state index is 0.219. The summed E-state index contributed by atoms with van der Waals surface area (Å²) >= 11 is 0. The first-order chi connectivity index (χ1) is 16.7. The second-order valence-electron chi connectivity index (χ2n) is 7.64. The van der Waals surface area contributed by atoms with Crippen LogP contribution >= 0.6 is 0 Å². The molecule has 0 aliphatic carbocycles. The van der Waals surface area contributed by atoms with E-state index in [0.29, 0.717) is 38.5 Å². The highest BCUT2D eigenvalue weighted by atomic mass is 16.5. The summed E-state index contributed by atoms with van der Waals surface area (Å²) in [4.78, 5) is 33.4. The zero-order valence-electron chi connectivity index (χ0n) is 18.8. The average molecular weight is 462 g/mol. The number of aromatic nitrogens is 1. The monoisotopic (exact) mass is 461 g/mol. The van der Waals surface area contributed by atoms with Gasteiger partial charge in [-0.25, -0.2) is 9.78 Å². The molecule has 8 nitrogen and oxygen atoms in total. The van der Waals surface area contributed by atoms with Gasteiger partial charge in [-0.3, -0.25) is 4.79 Å². The van der Waals surface area contributed by atoms with Crippen LogP contribution in [0.25, 0.3) is 0 Å². The number of nitrogens with zero attached hydrogens (tertiary/aromatic N) is 3. The van der Waals surface area contributed by atoms with Crippen LogP contribution in [-0.4, -0.2) is 67.8 Å². The van der Waals surface area contributed by atoms with Gasteiger partial charge in [-0.05, 0) is 36.4 Å². The van der Waals surface area contributed by atoms with E-state index in [1.807, 2.05) is 48.5 Å². The van der Waals surface area contributed by atoms with Crippen LogP contribution in [0.3, 0.4) is 0 Å². The van der Waals surface area contributed by atoms with Crippen molar-refractivity contribution < 1.29 is 23.8 Å². The molecule has 0 bridgehead atoms. The number of para-hydroxylation sites is 2. The predicted octanol–water partition coefficient (Wildman–Crippen LogP) is 3.05. The third-order valence-electron chi connectivity index (χ3n) is 5.39. The topological polar surface area (TPSA) is 81.2 Å². The fraction of sp³-hybridized carbons (Fsp3) is 0.269. The van der Waals surface area contributed by atoms with Gasteiger partial charge < -0.3 is 24.0 Å². The van der Waals surface area contributed by atoms with E-state index in [1.54, 1.807) is 35.4 Å². The summed E-state index contributed by atoms with van der Waals surface area (Å²) in [6, 6.07) is 22.0. The van der Waals surface area contributed by atoms with E-state index in [-0.39, 0.29) is 24.7 Å². The van der Waals surface area contributed by atoms with Gasteiger partial charge in [0, 0.05) is 32.4 Å². The van der Waals surface area contributed by atoms with E-state index < -0.39 is 5.97 Å². The molecule has 8 heteroatoms. The highest BCUT2D eigenvalue weighted by Gasteiger charge is 2.23. The van der Waals surface area contributed by atoms with Crippen LogP contribution in [0, 0.1) is 0 Å². The summed E-state index contributed by atoms with van der Waals surface area (Å²) in [6.45, 7) is 2.74. The van der Waals surface area contributed by atoms with Crippen LogP contribution in [-0.2, 0) is 9.53 Å². The fourth-order valence-electron chi connectivity index (χ4n) is 3.61. The van der Waals surface area contributed by atoms with Gasteiger partial charge in [-0.15, -0.1) is 0 Å². The zero-order valence-corrected chi connectivity index (χ0v) is 18.8. The number of amides is 1. The van der Waals surface area contributed by atoms with Crippen LogP contribution in [0.1, 0.15) is 10.4 Å². The summed E-state index contributed by atoms with van der Waals surface area (Å²) in [5.41, 5.74) is 0.273. The molecule has 0 spiro atoms. The molecule has 0 radical (unpaired) electrons. The molecule has 1 aliphatic heterocycles. The maximum Gasteiger partial charge on any atom is 0.342 e. The molecule has 0 N–H and O–H groups in total. The van der Waals surface area contributed by atoms with Gasteiger partial charge >= 0.3 is 5.97 Å². The highest BCUT2D eigenvalue weighted by molar-refractivity contribution is 5.94. The van der Waals surface area contributed by atoms with Gasteiger partial charge in [0.1, 0.15) is 36.1 Å². The first kappa shape index (κ1) is 23.1. The zero-order chi connectivity index (χ0) is 23.6. The van der Waals surface area contributed by atoms with Crippen LogP contribution in [0.2, 0.25) is 0 Å². The van der Waals surface area contributed by atoms with Crippen molar-refractivity contribution in [3.8, 4) is 11.5 Å². The standard InChI is InChI=1S/C26H27N3O5/c30-25(29-16-14-28(15-17-29)24-12-6-7-13-27-24)20-34-26(31)22-10-4-5-11-23(22)33-19-18-32-21-8-2-1-3-9-21/h1-13H,14-20H2. The van der Waals surface area contributed by atoms with Crippen molar-refractivity contribution >= 4 is 17.7 Å². The smallest absolute Gasteiger partial charge is 0.342 e. The number of carbonyl (C=O) groups is 2. The molecule has 0 unspecified atom stereocenters. The normalized spacial score (nSPS) is 13.3. The Morgan fingerprint density at radius 1 is 0.794 bits per heavy atom. The van der Waals surface area contributed by atoms with Crippen LogP contribution < -0.4 is 14.4 Å². The first-order valence-corrected chi connectivity index (χ1v) is 11.2. The number of esters is 1. The Bertz CT molecular complexity index is 1070. The number of ether oxygens (including phenoxy) is 3. The van der Waals surface area contributed by atoms with Crippen molar-refractivity contribution in [2.75, 3.05) is 50.9 Å². The lowest BCUT2D eigenvalue weighted by Gasteiger charge is -2.35. The minimum atomic E-state index is -0.597. The van der Waals surface area contributed by atoms with E-state index in [2.05, 4.69) is 9.88 Å². The Hall–Kier alpha value is -4.07. The molecule has 0 atom stereocenters. The third kappa shape index (κ3) is 6.25. The lowest BCUT2D eigenvalue weighted by Crippen LogP contribution is -2.50. The molecule has 0 saturated carbocycles. The molecule has 1 saturated heterocycles. The van der Waals surface area contributed by atoms with Crippen LogP contribution in [0.15, 0.2) is 79.0 Å². The largest absolute Gasteiger partial charge is 0.490 e. The average Bonchev–Trinajstić information content (AvgIpc) is 2.91. The van der Waals surface area contributed by atoms with Crippen molar-refractivity contribution in [2.45, 2.75) is 0 Å². The van der Waals surface area contributed by atoms with E-state index in [1.165, 1.54) is 0 Å². The van der Waals surface area contributed by atoms with Crippen molar-refractivity contribution in [2.24, 2.45) is 0 Å². The molecule has 2 heterocycles. The first-order valence-electron chi connectivity index (χ1n) is 11.2. The number of pyridine rings is 1. The Labute approximate surface area is 198 Å². The Morgan fingerprint density at radius 2 is 1.50 bits per heavy atom. The highest BCUT2D eigenvalue weighted by Crippen LogP contribution is 2.19. The molecule has 176 valence electrons. The lowest BCUT2D eigenvalue weighted by molar-refractivity contribution is -0.134. The third-order valence-corrected chi connectivity index (χ3v) is 5.39. The van der Waals surface area contributed by atoms with E-state index in [0.717, 1.165) is 11.6 Å². The van der Waals surface area contributed by atoms with Gasteiger partial charge in [0.25, 0.3) is 5.91 Å². The van der Waals surface area contributed by atoms with Crippen molar-refractivity contribution in [1.82, 2.24) is 9.88 Å². The van der Waals surface area contributed by atoms with Gasteiger partial charge in [0.15, 0.2) is 6.61 Å².